The molecule has 1 aromatic rings. The lowest BCUT2D eigenvalue weighted by molar-refractivity contribution is -0.138. The van der Waals surface area contributed by atoms with Gasteiger partial charge in [-0.25, -0.2) is 0 Å². The summed E-state index contributed by atoms with van der Waals surface area (Å²) in [6.07, 6.45) is -2.12. The highest BCUT2D eigenvalue weighted by Gasteiger charge is 2.35. The first-order valence-corrected chi connectivity index (χ1v) is 5.82. The zero-order chi connectivity index (χ0) is 12.5. The van der Waals surface area contributed by atoms with Crippen molar-refractivity contribution >= 4 is 0 Å². The summed E-state index contributed by atoms with van der Waals surface area (Å²) >= 11 is 0. The molecule has 1 saturated carbocycles. The van der Waals surface area contributed by atoms with Crippen LogP contribution in [-0.2, 0) is 6.18 Å². The Morgan fingerprint density at radius 3 is 2.47 bits per heavy atom. The number of hydrogen-bond donors (Lipinski definition) is 1. The molecule has 94 valence electrons. The molecule has 1 nitrogen and oxygen atoms in total. The first-order valence-electron chi connectivity index (χ1n) is 5.82. The largest absolute Gasteiger partial charge is 0.416 e. The van der Waals surface area contributed by atoms with Crippen LogP contribution < -0.4 is 0 Å². The van der Waals surface area contributed by atoms with Crippen molar-refractivity contribution < 1.29 is 18.3 Å². The molecular weight excluding hydrogens is 229 g/mol. The topological polar surface area (TPSA) is 20.2 Å². The minimum atomic E-state index is -4.31. The summed E-state index contributed by atoms with van der Waals surface area (Å²) in [7, 11) is 0. The Morgan fingerprint density at radius 1 is 1.12 bits per heavy atom. The summed E-state index contributed by atoms with van der Waals surface area (Å²) in [6.45, 7) is 0. The first-order chi connectivity index (χ1) is 7.98. The van der Waals surface area contributed by atoms with E-state index in [2.05, 4.69) is 0 Å². The van der Waals surface area contributed by atoms with E-state index in [1.165, 1.54) is 12.1 Å². The minimum absolute atomic E-state index is 0.170. The quantitative estimate of drug-likeness (QED) is 0.798. The monoisotopic (exact) mass is 244 g/mol. The van der Waals surface area contributed by atoms with Gasteiger partial charge in [0.15, 0.2) is 0 Å². The van der Waals surface area contributed by atoms with Gasteiger partial charge in [-0.1, -0.05) is 24.6 Å². The Bertz CT molecular complexity index is 386. The number of aliphatic hydroxyl groups excluding tert-OH is 1. The van der Waals surface area contributed by atoms with E-state index in [1.54, 1.807) is 6.07 Å². The fourth-order valence-corrected chi connectivity index (χ4v) is 2.56. The summed E-state index contributed by atoms with van der Waals surface area (Å²) < 4.78 is 38.5. The third-order valence-electron chi connectivity index (χ3n) is 3.35. The van der Waals surface area contributed by atoms with Crippen LogP contribution in [0.15, 0.2) is 24.3 Å². The molecule has 1 fully saturated rings. The second kappa shape index (κ2) is 4.69. The van der Waals surface area contributed by atoms with Crippen LogP contribution in [0.25, 0.3) is 0 Å². The van der Waals surface area contributed by atoms with Crippen molar-refractivity contribution in [2.24, 2.45) is 0 Å². The molecule has 0 aromatic heterocycles. The van der Waals surface area contributed by atoms with Gasteiger partial charge in [-0.15, -0.1) is 0 Å². The molecular formula is C13H15F3O. The standard InChI is InChI=1S/C13H15F3O/c14-13(15,16)12-7-2-1-6-11(12)9-4-3-5-10(17)8-9/h1-2,6-7,9-10,17H,3-5,8H2. The van der Waals surface area contributed by atoms with Crippen LogP contribution in [0.2, 0.25) is 0 Å². The highest BCUT2D eigenvalue weighted by molar-refractivity contribution is 5.33. The van der Waals surface area contributed by atoms with Gasteiger partial charge in [0.2, 0.25) is 0 Å². The lowest BCUT2D eigenvalue weighted by Gasteiger charge is -2.28. The molecule has 2 rings (SSSR count). The van der Waals surface area contributed by atoms with E-state index >= 15 is 0 Å². The van der Waals surface area contributed by atoms with Gasteiger partial charge in [0.25, 0.3) is 0 Å². The van der Waals surface area contributed by atoms with Gasteiger partial charge < -0.3 is 5.11 Å². The second-order valence-electron chi connectivity index (χ2n) is 4.60. The first kappa shape index (κ1) is 12.4. The van der Waals surface area contributed by atoms with Crippen molar-refractivity contribution in [3.63, 3.8) is 0 Å². The normalized spacial score (nSPS) is 25.9. The van der Waals surface area contributed by atoms with Gasteiger partial charge >= 0.3 is 6.18 Å². The lowest BCUT2D eigenvalue weighted by atomic mass is 9.80. The third-order valence-corrected chi connectivity index (χ3v) is 3.35. The Morgan fingerprint density at radius 2 is 1.82 bits per heavy atom. The van der Waals surface area contributed by atoms with Crippen molar-refractivity contribution in [3.8, 4) is 0 Å². The lowest BCUT2D eigenvalue weighted by Crippen LogP contribution is -2.20. The molecule has 0 saturated heterocycles. The van der Waals surface area contributed by atoms with E-state index in [0.29, 0.717) is 18.4 Å². The average molecular weight is 244 g/mol. The number of aliphatic hydroxyl groups is 1. The molecule has 1 aromatic carbocycles. The molecule has 1 aliphatic rings. The molecule has 2 atom stereocenters. The van der Waals surface area contributed by atoms with Gasteiger partial charge in [-0.2, -0.15) is 13.2 Å². The number of halogens is 3. The summed E-state index contributed by atoms with van der Waals surface area (Å²) in [4.78, 5) is 0. The van der Waals surface area contributed by atoms with Crippen LogP contribution in [0.4, 0.5) is 13.2 Å². The Kier molecular flexibility index (Phi) is 3.43. The van der Waals surface area contributed by atoms with Crippen LogP contribution >= 0.6 is 0 Å². The molecule has 0 spiro atoms. The fourth-order valence-electron chi connectivity index (χ4n) is 2.56. The number of alkyl halides is 3. The molecule has 1 aliphatic carbocycles. The van der Waals surface area contributed by atoms with E-state index in [0.717, 1.165) is 18.9 Å². The molecule has 0 aliphatic heterocycles. The zero-order valence-electron chi connectivity index (χ0n) is 9.37. The highest BCUT2D eigenvalue weighted by Crippen LogP contribution is 2.40. The number of benzene rings is 1. The highest BCUT2D eigenvalue weighted by atomic mass is 19.4. The van der Waals surface area contributed by atoms with Crippen molar-refractivity contribution in [2.75, 3.05) is 0 Å². The predicted molar refractivity (Wildman–Crippen MR) is 58.7 cm³/mol. The summed E-state index contributed by atoms with van der Waals surface area (Å²) in [5, 5.41) is 9.55. The third kappa shape index (κ3) is 2.80. The number of rotatable bonds is 1. The molecule has 0 amide bonds. The van der Waals surface area contributed by atoms with Crippen molar-refractivity contribution in [2.45, 2.75) is 43.9 Å². The summed E-state index contributed by atoms with van der Waals surface area (Å²) in [6, 6.07) is 5.69. The van der Waals surface area contributed by atoms with E-state index in [-0.39, 0.29) is 5.92 Å². The van der Waals surface area contributed by atoms with Crippen molar-refractivity contribution in [3.05, 3.63) is 35.4 Å². The SMILES string of the molecule is OC1CCCC(c2ccccc2C(F)(F)F)C1. The van der Waals surface area contributed by atoms with E-state index in [9.17, 15) is 18.3 Å². The molecule has 2 unspecified atom stereocenters. The van der Waals surface area contributed by atoms with Crippen LogP contribution in [-0.4, -0.2) is 11.2 Å². The Balaban J connectivity index is 2.31. The summed E-state index contributed by atoms with van der Waals surface area (Å²) in [5.41, 5.74) is -0.224. The van der Waals surface area contributed by atoms with E-state index in [4.69, 9.17) is 0 Å². The van der Waals surface area contributed by atoms with Crippen LogP contribution in [0.3, 0.4) is 0 Å². The maximum absolute atomic E-state index is 12.8. The van der Waals surface area contributed by atoms with Gasteiger partial charge in [-0.3, -0.25) is 0 Å². The smallest absolute Gasteiger partial charge is 0.393 e. The van der Waals surface area contributed by atoms with Crippen molar-refractivity contribution in [1.82, 2.24) is 0 Å². The fraction of sp³-hybridized carbons (Fsp3) is 0.538. The Hall–Kier alpha value is -1.03. The average Bonchev–Trinajstić information content (AvgIpc) is 2.28. The predicted octanol–water partition coefficient (Wildman–Crippen LogP) is 3.72. The van der Waals surface area contributed by atoms with E-state index in [1.807, 2.05) is 0 Å². The van der Waals surface area contributed by atoms with Gasteiger partial charge in [0.05, 0.1) is 11.7 Å². The molecule has 17 heavy (non-hydrogen) atoms. The van der Waals surface area contributed by atoms with Gasteiger partial charge in [0, 0.05) is 0 Å². The Labute approximate surface area is 98.3 Å². The summed E-state index contributed by atoms with van der Waals surface area (Å²) in [5.74, 6) is -0.170. The maximum atomic E-state index is 12.8. The van der Waals surface area contributed by atoms with Crippen LogP contribution in [0, 0.1) is 0 Å². The van der Waals surface area contributed by atoms with Crippen molar-refractivity contribution in [1.29, 1.82) is 0 Å². The molecule has 1 N–H and O–H groups in total. The van der Waals surface area contributed by atoms with Gasteiger partial charge in [-0.05, 0) is 36.8 Å². The molecule has 0 radical (unpaired) electrons. The molecule has 0 bridgehead atoms. The molecule has 4 heteroatoms. The van der Waals surface area contributed by atoms with Gasteiger partial charge in [0.1, 0.15) is 0 Å². The number of hydrogen-bond acceptors (Lipinski definition) is 1. The zero-order valence-corrected chi connectivity index (χ0v) is 9.37. The molecule has 0 heterocycles. The van der Waals surface area contributed by atoms with E-state index < -0.39 is 17.8 Å². The van der Waals surface area contributed by atoms with Crippen LogP contribution in [0.1, 0.15) is 42.7 Å². The second-order valence-corrected chi connectivity index (χ2v) is 4.60. The van der Waals surface area contributed by atoms with Crippen LogP contribution in [0.5, 0.6) is 0 Å². The maximum Gasteiger partial charge on any atom is 0.416 e. The minimum Gasteiger partial charge on any atom is -0.393 e.